The maximum absolute atomic E-state index is 5.06. The molecule has 0 saturated carbocycles. The fraction of sp³-hybridized carbons (Fsp3) is 0.571. The summed E-state index contributed by atoms with van der Waals surface area (Å²) in [6.07, 6.45) is 6.70. The molecule has 1 heteroatoms. The van der Waals surface area contributed by atoms with Crippen LogP contribution in [-0.2, 0) is 0 Å². The first-order valence-electron chi connectivity index (χ1n) is 2.75. The Hall–Kier alpha value is -0.480. The fourth-order valence-corrected chi connectivity index (χ4v) is 0.491. The molecule has 0 aliphatic carbocycles. The van der Waals surface area contributed by atoms with Crippen LogP contribution in [0.4, 0.5) is 0 Å². The van der Waals surface area contributed by atoms with Crippen LogP contribution >= 0.6 is 0 Å². The zero-order valence-corrected chi connectivity index (χ0v) is 5.28. The maximum atomic E-state index is 5.06. The van der Waals surface area contributed by atoms with Crippen molar-refractivity contribution in [1.29, 1.82) is 0 Å². The Morgan fingerprint density at radius 2 is 2.50 bits per heavy atom. The second-order valence-corrected chi connectivity index (χ2v) is 1.68. The van der Waals surface area contributed by atoms with Gasteiger partial charge in [0.15, 0.2) is 0 Å². The topological polar surface area (TPSA) is 12.0 Å². The highest BCUT2D eigenvalue weighted by atomic mass is 14.9. The Labute approximate surface area is 51.5 Å². The minimum Gasteiger partial charge on any atom is -0.316 e. The molecule has 8 heavy (non-hydrogen) atoms. The summed E-state index contributed by atoms with van der Waals surface area (Å²) in [5.74, 6) is 2.57. The van der Waals surface area contributed by atoms with Gasteiger partial charge < -0.3 is 5.32 Å². The van der Waals surface area contributed by atoms with Gasteiger partial charge >= 0.3 is 0 Å². The summed E-state index contributed by atoms with van der Waals surface area (Å²) in [6, 6.07) is 0.403. The molecule has 0 fully saturated rings. The van der Waals surface area contributed by atoms with Gasteiger partial charge in [0, 0.05) is 12.5 Å². The molecule has 0 heterocycles. The molecule has 0 saturated heterocycles. The van der Waals surface area contributed by atoms with E-state index in [1.54, 1.807) is 0 Å². The normalized spacial score (nSPS) is 12.6. The maximum Gasteiger partial charge on any atom is 0.0240 e. The quantitative estimate of drug-likeness (QED) is 0.530. The molecule has 1 N–H and O–H groups in total. The van der Waals surface area contributed by atoms with Crippen LogP contribution in [0.2, 0.25) is 0 Å². The van der Waals surface area contributed by atoms with E-state index < -0.39 is 0 Å². The highest BCUT2D eigenvalue weighted by Crippen LogP contribution is 1.92. The van der Waals surface area contributed by atoms with Gasteiger partial charge in [-0.2, -0.15) is 0 Å². The van der Waals surface area contributed by atoms with Crippen molar-refractivity contribution in [3.63, 3.8) is 0 Å². The Balaban J connectivity index is 3.25. The standard InChI is InChI=1S/C7H12N/c1-4-6-7(5-2)8-3/h1,7-8H,2,5-6H2,3H3. The van der Waals surface area contributed by atoms with Gasteiger partial charge in [-0.1, -0.05) is 6.92 Å². The first kappa shape index (κ1) is 7.52. The van der Waals surface area contributed by atoms with Crippen LogP contribution < -0.4 is 5.32 Å². The molecule has 0 aromatic rings. The van der Waals surface area contributed by atoms with Gasteiger partial charge in [0.1, 0.15) is 0 Å². The summed E-state index contributed by atoms with van der Waals surface area (Å²) < 4.78 is 0. The van der Waals surface area contributed by atoms with E-state index in [1.807, 2.05) is 7.05 Å². The first-order chi connectivity index (χ1) is 3.85. The molecule has 1 radical (unpaired) electrons. The van der Waals surface area contributed by atoms with Crippen molar-refractivity contribution in [2.45, 2.75) is 18.9 Å². The highest BCUT2D eigenvalue weighted by molar-refractivity contribution is 4.89. The SMILES string of the molecule is C#CCC(C[CH2])NC. The molecule has 0 aliphatic rings. The van der Waals surface area contributed by atoms with E-state index in [0.717, 1.165) is 12.8 Å². The van der Waals surface area contributed by atoms with Crippen LogP contribution in [0.3, 0.4) is 0 Å². The number of terminal acetylenes is 1. The van der Waals surface area contributed by atoms with E-state index in [1.165, 1.54) is 0 Å². The molecular weight excluding hydrogens is 98.1 g/mol. The molecule has 1 unspecified atom stereocenters. The molecule has 1 nitrogen and oxygen atoms in total. The zero-order chi connectivity index (χ0) is 6.41. The molecule has 0 aromatic carbocycles. The van der Waals surface area contributed by atoms with Crippen molar-refractivity contribution >= 4 is 0 Å². The summed E-state index contributed by atoms with van der Waals surface area (Å²) in [4.78, 5) is 0. The van der Waals surface area contributed by atoms with Crippen molar-refractivity contribution in [2.24, 2.45) is 0 Å². The van der Waals surface area contributed by atoms with Gasteiger partial charge in [0.2, 0.25) is 0 Å². The Bertz CT molecular complexity index is 76.9. The Kier molecular flexibility index (Phi) is 4.39. The third-order valence-electron chi connectivity index (χ3n) is 1.12. The number of hydrogen-bond donors (Lipinski definition) is 1. The van der Waals surface area contributed by atoms with Gasteiger partial charge in [-0.25, -0.2) is 0 Å². The van der Waals surface area contributed by atoms with E-state index >= 15 is 0 Å². The highest BCUT2D eigenvalue weighted by Gasteiger charge is 1.96. The van der Waals surface area contributed by atoms with Crippen LogP contribution in [0.15, 0.2) is 0 Å². The monoisotopic (exact) mass is 110 g/mol. The number of hydrogen-bond acceptors (Lipinski definition) is 1. The second-order valence-electron chi connectivity index (χ2n) is 1.68. The van der Waals surface area contributed by atoms with E-state index in [-0.39, 0.29) is 0 Å². The lowest BCUT2D eigenvalue weighted by Gasteiger charge is -2.07. The summed E-state index contributed by atoms with van der Waals surface area (Å²) in [5, 5.41) is 3.05. The van der Waals surface area contributed by atoms with Crippen LogP contribution in [0.25, 0.3) is 0 Å². The fourth-order valence-electron chi connectivity index (χ4n) is 0.491. The average molecular weight is 110 g/mol. The summed E-state index contributed by atoms with van der Waals surface area (Å²) in [7, 11) is 1.90. The second kappa shape index (κ2) is 4.67. The lowest BCUT2D eigenvalue weighted by molar-refractivity contribution is 0.581. The zero-order valence-electron chi connectivity index (χ0n) is 5.28. The summed E-state index contributed by atoms with van der Waals surface area (Å²) in [5.41, 5.74) is 0. The summed E-state index contributed by atoms with van der Waals surface area (Å²) in [6.45, 7) is 3.72. The van der Waals surface area contributed by atoms with Crippen molar-refractivity contribution < 1.29 is 0 Å². The Morgan fingerprint density at radius 1 is 1.88 bits per heavy atom. The number of nitrogens with one attached hydrogen (secondary N) is 1. The lowest BCUT2D eigenvalue weighted by atomic mass is 10.2. The third-order valence-corrected chi connectivity index (χ3v) is 1.12. The van der Waals surface area contributed by atoms with Gasteiger partial charge in [0.25, 0.3) is 0 Å². The molecule has 45 valence electrons. The molecule has 0 aliphatic heterocycles. The van der Waals surface area contributed by atoms with E-state index in [9.17, 15) is 0 Å². The first-order valence-corrected chi connectivity index (χ1v) is 2.75. The predicted octanol–water partition coefficient (Wildman–Crippen LogP) is 0.822. The smallest absolute Gasteiger partial charge is 0.0240 e. The molecule has 0 aromatic heterocycles. The molecule has 0 bridgehead atoms. The molecule has 0 amide bonds. The van der Waals surface area contributed by atoms with Gasteiger partial charge in [0.05, 0.1) is 0 Å². The molecular formula is C7H12N. The van der Waals surface area contributed by atoms with Crippen LogP contribution in [0.1, 0.15) is 12.8 Å². The van der Waals surface area contributed by atoms with Crippen molar-refractivity contribution in [3.8, 4) is 12.3 Å². The Morgan fingerprint density at radius 3 is 2.62 bits per heavy atom. The average Bonchev–Trinajstić information content (AvgIpc) is 1.83. The molecule has 0 rings (SSSR count). The van der Waals surface area contributed by atoms with Crippen LogP contribution in [0.5, 0.6) is 0 Å². The minimum atomic E-state index is 0.403. The predicted molar refractivity (Wildman–Crippen MR) is 36.3 cm³/mol. The van der Waals surface area contributed by atoms with E-state index in [2.05, 4.69) is 18.2 Å². The molecule has 1 atom stereocenters. The largest absolute Gasteiger partial charge is 0.316 e. The van der Waals surface area contributed by atoms with Gasteiger partial charge in [-0.15, -0.1) is 12.3 Å². The summed E-state index contributed by atoms with van der Waals surface area (Å²) >= 11 is 0. The van der Waals surface area contributed by atoms with E-state index in [4.69, 9.17) is 6.42 Å². The molecule has 0 spiro atoms. The van der Waals surface area contributed by atoms with Crippen LogP contribution in [-0.4, -0.2) is 13.1 Å². The van der Waals surface area contributed by atoms with Gasteiger partial charge in [-0.05, 0) is 13.5 Å². The van der Waals surface area contributed by atoms with Crippen molar-refractivity contribution in [2.75, 3.05) is 7.05 Å². The third kappa shape index (κ3) is 2.65. The van der Waals surface area contributed by atoms with Crippen molar-refractivity contribution in [3.05, 3.63) is 6.92 Å². The minimum absolute atomic E-state index is 0.403. The van der Waals surface area contributed by atoms with Crippen molar-refractivity contribution in [1.82, 2.24) is 5.32 Å². The lowest BCUT2D eigenvalue weighted by Crippen LogP contribution is -2.23. The van der Waals surface area contributed by atoms with Crippen LogP contribution in [0, 0.1) is 19.3 Å². The number of rotatable bonds is 3. The van der Waals surface area contributed by atoms with Gasteiger partial charge in [-0.3, -0.25) is 0 Å². The van der Waals surface area contributed by atoms with E-state index in [0.29, 0.717) is 6.04 Å².